The van der Waals surface area contributed by atoms with E-state index in [0.29, 0.717) is 16.3 Å². The van der Waals surface area contributed by atoms with Crippen molar-refractivity contribution in [2.24, 2.45) is 0 Å². The number of anilines is 2. The second-order valence-corrected chi connectivity index (χ2v) is 4.93. The largest absolute Gasteiger partial charge is 0.376 e. The normalized spacial score (nSPS) is 9.76. The molecule has 2 aromatic carbocycles. The summed E-state index contributed by atoms with van der Waals surface area (Å²) in [5.41, 5.74) is 2.90. The topological polar surface area (TPSA) is 64.9 Å². The molecule has 4 nitrogen and oxygen atoms in total. The molecule has 0 radical (unpaired) electrons. The fourth-order valence-electron chi connectivity index (χ4n) is 1.81. The summed E-state index contributed by atoms with van der Waals surface area (Å²) in [6, 6.07) is 14.5. The lowest BCUT2D eigenvalue weighted by Crippen LogP contribution is -2.22. The summed E-state index contributed by atoms with van der Waals surface area (Å²) in [7, 11) is 0. The Hall–Kier alpha value is -2.51. The van der Waals surface area contributed by atoms with E-state index in [9.17, 15) is 4.79 Å². The van der Waals surface area contributed by atoms with Crippen molar-refractivity contribution in [2.75, 3.05) is 17.2 Å². The van der Waals surface area contributed by atoms with E-state index >= 15 is 0 Å². The smallest absolute Gasteiger partial charge is 0.243 e. The Morgan fingerprint density at radius 3 is 2.71 bits per heavy atom. The summed E-state index contributed by atoms with van der Waals surface area (Å²) < 4.78 is 0. The summed E-state index contributed by atoms with van der Waals surface area (Å²) in [5.74, 6) is -0.148. The molecule has 106 valence electrons. The molecule has 2 rings (SSSR count). The van der Waals surface area contributed by atoms with Crippen LogP contribution in [0.25, 0.3) is 0 Å². The number of carbonyl (C=O) groups is 1. The predicted molar refractivity (Wildman–Crippen MR) is 84.5 cm³/mol. The van der Waals surface area contributed by atoms with E-state index in [0.717, 1.165) is 11.3 Å². The Morgan fingerprint density at radius 1 is 1.29 bits per heavy atom. The van der Waals surface area contributed by atoms with Crippen LogP contribution in [-0.4, -0.2) is 12.5 Å². The highest BCUT2D eigenvalue weighted by Crippen LogP contribution is 2.20. The van der Waals surface area contributed by atoms with E-state index in [2.05, 4.69) is 10.6 Å². The second-order valence-electron chi connectivity index (χ2n) is 4.52. The molecule has 0 aliphatic rings. The standard InChI is InChI=1S/C16H14ClN3O/c1-11-4-2-3-5-15(11)20-16(21)10-19-13-7-6-12(9-18)14(17)8-13/h2-8,19H,10H2,1H3,(H,20,21). The van der Waals surface area contributed by atoms with Gasteiger partial charge < -0.3 is 10.6 Å². The van der Waals surface area contributed by atoms with Crippen LogP contribution in [-0.2, 0) is 4.79 Å². The molecular formula is C16H14ClN3O. The number of para-hydroxylation sites is 1. The van der Waals surface area contributed by atoms with Crippen molar-refractivity contribution < 1.29 is 4.79 Å². The molecular weight excluding hydrogens is 286 g/mol. The van der Waals surface area contributed by atoms with Crippen LogP contribution in [0.1, 0.15) is 11.1 Å². The lowest BCUT2D eigenvalue weighted by atomic mass is 10.2. The number of nitrogens with one attached hydrogen (secondary N) is 2. The molecule has 0 saturated heterocycles. The van der Waals surface area contributed by atoms with Crippen LogP contribution in [0.5, 0.6) is 0 Å². The maximum absolute atomic E-state index is 11.9. The molecule has 2 aromatic rings. The quantitative estimate of drug-likeness (QED) is 0.907. The molecule has 5 heteroatoms. The van der Waals surface area contributed by atoms with Gasteiger partial charge >= 0.3 is 0 Å². The zero-order valence-electron chi connectivity index (χ0n) is 11.5. The van der Waals surface area contributed by atoms with Crippen molar-refractivity contribution in [2.45, 2.75) is 6.92 Å². The van der Waals surface area contributed by atoms with Gasteiger partial charge in [0.2, 0.25) is 5.91 Å². The number of hydrogen-bond acceptors (Lipinski definition) is 3. The highest BCUT2D eigenvalue weighted by molar-refractivity contribution is 6.32. The van der Waals surface area contributed by atoms with E-state index in [-0.39, 0.29) is 12.5 Å². The van der Waals surface area contributed by atoms with Gasteiger partial charge in [-0.3, -0.25) is 4.79 Å². The number of nitrogens with zero attached hydrogens (tertiary/aromatic N) is 1. The number of aryl methyl sites for hydroxylation is 1. The van der Waals surface area contributed by atoms with Crippen molar-refractivity contribution >= 4 is 28.9 Å². The molecule has 0 aromatic heterocycles. The van der Waals surface area contributed by atoms with Crippen LogP contribution >= 0.6 is 11.6 Å². The average molecular weight is 300 g/mol. The van der Waals surface area contributed by atoms with Crippen molar-refractivity contribution in [3.05, 3.63) is 58.6 Å². The summed E-state index contributed by atoms with van der Waals surface area (Å²) in [6.45, 7) is 2.06. The molecule has 21 heavy (non-hydrogen) atoms. The van der Waals surface area contributed by atoms with Crippen molar-refractivity contribution in [3.8, 4) is 6.07 Å². The first-order chi connectivity index (χ1) is 10.1. The minimum Gasteiger partial charge on any atom is -0.376 e. The van der Waals surface area contributed by atoms with Crippen LogP contribution in [0.15, 0.2) is 42.5 Å². The summed E-state index contributed by atoms with van der Waals surface area (Å²) in [4.78, 5) is 11.9. The second kappa shape index (κ2) is 6.78. The first-order valence-corrected chi connectivity index (χ1v) is 6.77. The zero-order valence-corrected chi connectivity index (χ0v) is 12.2. The van der Waals surface area contributed by atoms with Gasteiger partial charge in [-0.2, -0.15) is 5.26 Å². The van der Waals surface area contributed by atoms with Gasteiger partial charge in [-0.25, -0.2) is 0 Å². The molecule has 1 amide bonds. The van der Waals surface area contributed by atoms with Crippen LogP contribution < -0.4 is 10.6 Å². The van der Waals surface area contributed by atoms with Gasteiger partial charge in [0.05, 0.1) is 17.1 Å². The van der Waals surface area contributed by atoms with E-state index in [1.54, 1.807) is 18.2 Å². The fourth-order valence-corrected chi connectivity index (χ4v) is 2.03. The molecule has 0 heterocycles. The first-order valence-electron chi connectivity index (χ1n) is 6.39. The van der Waals surface area contributed by atoms with Crippen LogP contribution in [0, 0.1) is 18.3 Å². The van der Waals surface area contributed by atoms with Crippen LogP contribution in [0.2, 0.25) is 5.02 Å². The van der Waals surface area contributed by atoms with Gasteiger partial charge in [0.15, 0.2) is 0 Å². The highest BCUT2D eigenvalue weighted by Gasteiger charge is 2.05. The van der Waals surface area contributed by atoms with Gasteiger partial charge in [0.25, 0.3) is 0 Å². The summed E-state index contributed by atoms with van der Waals surface area (Å²) in [6.07, 6.45) is 0. The molecule has 0 bridgehead atoms. The van der Waals surface area contributed by atoms with Gasteiger partial charge in [-0.1, -0.05) is 29.8 Å². The molecule has 0 atom stereocenters. The van der Waals surface area contributed by atoms with Gasteiger partial charge in [0.1, 0.15) is 6.07 Å². The monoisotopic (exact) mass is 299 g/mol. The van der Waals surface area contributed by atoms with Crippen molar-refractivity contribution in [1.29, 1.82) is 5.26 Å². The SMILES string of the molecule is Cc1ccccc1NC(=O)CNc1ccc(C#N)c(Cl)c1. The minimum absolute atomic E-state index is 0.122. The Morgan fingerprint density at radius 2 is 2.05 bits per heavy atom. The number of hydrogen-bond donors (Lipinski definition) is 2. The third kappa shape index (κ3) is 3.98. The lowest BCUT2D eigenvalue weighted by molar-refractivity contribution is -0.114. The number of benzene rings is 2. The molecule has 0 aliphatic heterocycles. The molecule has 0 aliphatic carbocycles. The van der Waals surface area contributed by atoms with E-state index < -0.39 is 0 Å². The molecule has 0 unspecified atom stereocenters. The first kappa shape index (κ1) is 14.9. The number of halogens is 1. The van der Waals surface area contributed by atoms with Crippen molar-refractivity contribution in [1.82, 2.24) is 0 Å². The van der Waals surface area contributed by atoms with Crippen LogP contribution in [0.3, 0.4) is 0 Å². The predicted octanol–water partition coefficient (Wildman–Crippen LogP) is 3.57. The van der Waals surface area contributed by atoms with E-state index in [1.807, 2.05) is 37.3 Å². The maximum Gasteiger partial charge on any atom is 0.243 e. The van der Waals surface area contributed by atoms with Crippen LogP contribution in [0.4, 0.5) is 11.4 Å². The molecule has 0 spiro atoms. The Labute approximate surface area is 128 Å². The summed E-state index contributed by atoms with van der Waals surface area (Å²) >= 11 is 5.93. The minimum atomic E-state index is -0.148. The third-order valence-electron chi connectivity index (χ3n) is 2.96. The maximum atomic E-state index is 11.9. The van der Waals surface area contributed by atoms with Gasteiger partial charge in [0, 0.05) is 11.4 Å². The average Bonchev–Trinajstić information content (AvgIpc) is 2.48. The van der Waals surface area contributed by atoms with E-state index in [1.165, 1.54) is 0 Å². The lowest BCUT2D eigenvalue weighted by Gasteiger charge is -2.10. The number of carbonyl (C=O) groups excluding carboxylic acids is 1. The number of nitriles is 1. The Kier molecular flexibility index (Phi) is 4.81. The van der Waals surface area contributed by atoms with Gasteiger partial charge in [-0.05, 0) is 36.8 Å². The Bertz CT molecular complexity index is 707. The van der Waals surface area contributed by atoms with E-state index in [4.69, 9.17) is 16.9 Å². The highest BCUT2D eigenvalue weighted by atomic mass is 35.5. The summed E-state index contributed by atoms with van der Waals surface area (Å²) in [5, 5.41) is 15.0. The fraction of sp³-hybridized carbons (Fsp3) is 0.125. The molecule has 2 N–H and O–H groups in total. The number of amides is 1. The van der Waals surface area contributed by atoms with Crippen molar-refractivity contribution in [3.63, 3.8) is 0 Å². The Balaban J connectivity index is 1.94. The number of rotatable bonds is 4. The van der Waals surface area contributed by atoms with Gasteiger partial charge in [-0.15, -0.1) is 0 Å². The zero-order chi connectivity index (χ0) is 15.2. The molecule has 0 saturated carbocycles. The third-order valence-corrected chi connectivity index (χ3v) is 3.27. The molecule has 0 fully saturated rings.